The Labute approximate surface area is 218 Å². The topological polar surface area (TPSA) is 102 Å². The largest absolute Gasteiger partial charge is 0.444 e. The van der Waals surface area contributed by atoms with Crippen molar-refractivity contribution < 1.29 is 23.0 Å². The molecular weight excluding hydrogens is 498 g/mol. The Morgan fingerprint density at radius 1 is 0.947 bits per heavy atom. The van der Waals surface area contributed by atoms with Crippen LogP contribution in [-0.4, -0.2) is 93.6 Å². The summed E-state index contributed by atoms with van der Waals surface area (Å²) in [7, 11) is 0. The third-order valence-electron chi connectivity index (χ3n) is 6.92. The highest BCUT2D eigenvalue weighted by Gasteiger charge is 2.55. The smallest absolute Gasteiger partial charge is 0.410 e. The molecule has 1 amide bonds. The van der Waals surface area contributed by atoms with Gasteiger partial charge in [0, 0.05) is 44.7 Å². The van der Waals surface area contributed by atoms with Crippen LogP contribution in [-0.2, 0) is 9.47 Å². The number of aromatic nitrogens is 5. The Bertz CT molecular complexity index is 1350. The van der Waals surface area contributed by atoms with Gasteiger partial charge >= 0.3 is 6.09 Å². The molecule has 202 valence electrons. The van der Waals surface area contributed by atoms with Crippen molar-refractivity contribution in [2.75, 3.05) is 62.3 Å². The fourth-order valence-corrected chi connectivity index (χ4v) is 5.21. The number of morpholine rings is 1. The maximum Gasteiger partial charge on any atom is 0.410 e. The molecule has 5 heterocycles. The van der Waals surface area contributed by atoms with E-state index in [-0.39, 0.29) is 17.5 Å². The van der Waals surface area contributed by atoms with Gasteiger partial charge in [0.25, 0.3) is 6.43 Å². The fourth-order valence-electron chi connectivity index (χ4n) is 5.21. The number of benzene rings is 1. The number of anilines is 2. The minimum absolute atomic E-state index is 0.0569. The standard InChI is InChI=1S/C25H30F2N8O3/c1-24(2,3)38-23(36)34-14-25(15-34)12-33(13-25)21-29-20(32-8-10-37-11-9-32)30-22(31-21)35-17-7-5-4-6-16(17)28-19(35)18(26)27/h4-7,18H,8-15H2,1-3H3. The molecule has 0 N–H and O–H groups in total. The number of alkyl halides is 2. The Balaban J connectivity index is 1.30. The van der Waals surface area contributed by atoms with Gasteiger partial charge in [-0.25, -0.2) is 18.6 Å². The summed E-state index contributed by atoms with van der Waals surface area (Å²) in [6.45, 7) is 10.2. The number of carbonyl (C=O) groups is 1. The Kier molecular flexibility index (Phi) is 5.85. The average Bonchev–Trinajstić information content (AvgIpc) is 3.22. The molecule has 1 aromatic carbocycles. The van der Waals surface area contributed by atoms with Crippen LogP contribution in [0.5, 0.6) is 0 Å². The number of para-hydroxylation sites is 2. The first-order valence-electron chi connectivity index (χ1n) is 12.7. The number of hydrogen-bond acceptors (Lipinski definition) is 9. The van der Waals surface area contributed by atoms with Crippen molar-refractivity contribution in [1.29, 1.82) is 0 Å². The van der Waals surface area contributed by atoms with Gasteiger partial charge < -0.3 is 24.2 Å². The molecule has 3 saturated heterocycles. The maximum atomic E-state index is 14.1. The van der Waals surface area contributed by atoms with Crippen LogP contribution in [0, 0.1) is 5.41 Å². The van der Waals surface area contributed by atoms with Crippen LogP contribution >= 0.6 is 0 Å². The summed E-state index contributed by atoms with van der Waals surface area (Å²) >= 11 is 0. The van der Waals surface area contributed by atoms with Crippen molar-refractivity contribution in [2.24, 2.45) is 5.41 Å². The minimum Gasteiger partial charge on any atom is -0.444 e. The van der Waals surface area contributed by atoms with E-state index in [2.05, 4.69) is 15.0 Å². The first kappa shape index (κ1) is 24.7. The zero-order chi connectivity index (χ0) is 26.7. The van der Waals surface area contributed by atoms with Gasteiger partial charge in [-0.05, 0) is 32.9 Å². The molecule has 6 rings (SSSR count). The van der Waals surface area contributed by atoms with E-state index in [9.17, 15) is 13.6 Å². The van der Waals surface area contributed by atoms with Gasteiger partial charge in [-0.15, -0.1) is 0 Å². The van der Waals surface area contributed by atoms with Crippen LogP contribution < -0.4 is 9.80 Å². The molecule has 0 saturated carbocycles. The van der Waals surface area contributed by atoms with Crippen LogP contribution in [0.1, 0.15) is 33.0 Å². The number of imidazole rings is 1. The predicted molar refractivity (Wildman–Crippen MR) is 135 cm³/mol. The molecule has 0 bridgehead atoms. The maximum absolute atomic E-state index is 14.1. The number of halogens is 2. The predicted octanol–water partition coefficient (Wildman–Crippen LogP) is 3.04. The highest BCUT2D eigenvalue weighted by Crippen LogP contribution is 2.42. The Morgan fingerprint density at radius 2 is 1.58 bits per heavy atom. The molecule has 13 heteroatoms. The number of likely N-dealkylation sites (tertiary alicyclic amines) is 1. The molecule has 1 spiro atoms. The minimum atomic E-state index is -2.81. The van der Waals surface area contributed by atoms with Crippen molar-refractivity contribution in [3.05, 3.63) is 30.1 Å². The highest BCUT2D eigenvalue weighted by molar-refractivity contribution is 5.77. The van der Waals surface area contributed by atoms with Crippen molar-refractivity contribution >= 4 is 29.0 Å². The molecule has 0 unspecified atom stereocenters. The normalized spacial score (nSPS) is 19.2. The van der Waals surface area contributed by atoms with Crippen molar-refractivity contribution in [3.8, 4) is 5.95 Å². The number of amides is 1. The van der Waals surface area contributed by atoms with E-state index >= 15 is 0 Å². The average molecular weight is 529 g/mol. The van der Waals surface area contributed by atoms with Gasteiger partial charge in [0.05, 0.1) is 24.2 Å². The monoisotopic (exact) mass is 528 g/mol. The van der Waals surface area contributed by atoms with Crippen LogP contribution in [0.15, 0.2) is 24.3 Å². The van der Waals surface area contributed by atoms with E-state index in [1.54, 1.807) is 29.2 Å². The summed E-state index contributed by atoms with van der Waals surface area (Å²) in [4.78, 5) is 36.2. The van der Waals surface area contributed by atoms with Crippen molar-refractivity contribution in [3.63, 3.8) is 0 Å². The molecule has 0 aliphatic carbocycles. The second kappa shape index (κ2) is 9.00. The molecule has 3 fully saturated rings. The van der Waals surface area contributed by atoms with Crippen LogP contribution in [0.25, 0.3) is 17.0 Å². The first-order valence-corrected chi connectivity index (χ1v) is 12.7. The Hall–Kier alpha value is -3.61. The van der Waals surface area contributed by atoms with Crippen molar-refractivity contribution in [2.45, 2.75) is 32.8 Å². The lowest BCUT2D eigenvalue weighted by Crippen LogP contribution is -2.73. The summed E-state index contributed by atoms with van der Waals surface area (Å²) in [5.41, 5.74) is 0.341. The number of nitrogens with zero attached hydrogens (tertiary/aromatic N) is 8. The van der Waals surface area contributed by atoms with E-state index in [1.807, 2.05) is 30.6 Å². The molecule has 38 heavy (non-hydrogen) atoms. The molecular formula is C25H30F2N8O3. The van der Waals surface area contributed by atoms with Gasteiger partial charge in [0.15, 0.2) is 5.82 Å². The summed E-state index contributed by atoms with van der Waals surface area (Å²) in [5, 5.41) is 0. The van der Waals surface area contributed by atoms with E-state index in [1.165, 1.54) is 4.57 Å². The molecule has 3 aromatic rings. The number of fused-ring (bicyclic) bond motifs is 1. The number of carbonyl (C=O) groups excluding carboxylic acids is 1. The number of ether oxygens (including phenoxy) is 2. The zero-order valence-corrected chi connectivity index (χ0v) is 21.6. The third-order valence-corrected chi connectivity index (χ3v) is 6.92. The van der Waals surface area contributed by atoms with Gasteiger partial charge in [0.2, 0.25) is 17.8 Å². The first-order chi connectivity index (χ1) is 18.1. The van der Waals surface area contributed by atoms with Crippen LogP contribution in [0.3, 0.4) is 0 Å². The lowest BCUT2D eigenvalue weighted by Gasteiger charge is -2.59. The zero-order valence-electron chi connectivity index (χ0n) is 21.6. The molecule has 3 aliphatic heterocycles. The lowest BCUT2D eigenvalue weighted by atomic mass is 9.73. The van der Waals surface area contributed by atoms with E-state index in [4.69, 9.17) is 14.5 Å². The second-order valence-corrected chi connectivity index (χ2v) is 11.1. The molecule has 3 aliphatic rings. The second-order valence-electron chi connectivity index (χ2n) is 11.1. The quantitative estimate of drug-likeness (QED) is 0.506. The fraction of sp³-hybridized carbons (Fsp3) is 0.560. The van der Waals surface area contributed by atoms with Crippen LogP contribution in [0.4, 0.5) is 25.5 Å². The summed E-state index contributed by atoms with van der Waals surface area (Å²) < 4.78 is 40.4. The summed E-state index contributed by atoms with van der Waals surface area (Å²) in [6.07, 6.45) is -3.12. The number of rotatable bonds is 4. The van der Waals surface area contributed by atoms with Crippen LogP contribution in [0.2, 0.25) is 0 Å². The Morgan fingerprint density at radius 3 is 2.24 bits per heavy atom. The third kappa shape index (κ3) is 4.48. The molecule has 0 atom stereocenters. The summed E-state index contributed by atoms with van der Waals surface area (Å²) in [6, 6.07) is 6.94. The van der Waals surface area contributed by atoms with E-state index < -0.39 is 17.9 Å². The molecule has 2 aromatic heterocycles. The highest BCUT2D eigenvalue weighted by atomic mass is 19.3. The van der Waals surface area contributed by atoms with Gasteiger partial charge in [0.1, 0.15) is 5.60 Å². The van der Waals surface area contributed by atoms with Gasteiger partial charge in [-0.2, -0.15) is 15.0 Å². The summed E-state index contributed by atoms with van der Waals surface area (Å²) in [5.74, 6) is 0.515. The molecule has 11 nitrogen and oxygen atoms in total. The van der Waals surface area contributed by atoms with E-state index in [0.717, 1.165) is 0 Å². The van der Waals surface area contributed by atoms with Crippen molar-refractivity contribution in [1.82, 2.24) is 29.4 Å². The molecule has 0 radical (unpaired) electrons. The van der Waals surface area contributed by atoms with Gasteiger partial charge in [-0.1, -0.05) is 12.1 Å². The van der Waals surface area contributed by atoms with E-state index in [0.29, 0.717) is 75.4 Å². The number of hydrogen-bond donors (Lipinski definition) is 0. The lowest BCUT2D eigenvalue weighted by molar-refractivity contribution is -0.0456. The van der Waals surface area contributed by atoms with Gasteiger partial charge in [-0.3, -0.25) is 4.57 Å². The SMILES string of the molecule is CC(C)(C)OC(=O)N1CC2(C1)CN(c1nc(N3CCOCC3)nc(-n3c(C(F)F)nc4ccccc43)n1)C2.